The highest BCUT2D eigenvalue weighted by molar-refractivity contribution is 6.74. The predicted molar refractivity (Wildman–Crippen MR) is 62.6 cm³/mol. The Bertz CT molecular complexity index is 177. The Hall–Kier alpha value is -0.0831. The van der Waals surface area contributed by atoms with Crippen molar-refractivity contribution in [2.45, 2.75) is 52.2 Å². The highest BCUT2D eigenvalue weighted by Gasteiger charge is 2.36. The number of rotatable bonds is 4. The maximum Gasteiger partial charge on any atom is 0.191 e. The monoisotopic (exact) mass is 200 g/mol. The van der Waals surface area contributed by atoms with Crippen LogP contribution in [0.15, 0.2) is 12.2 Å². The molecule has 0 heterocycles. The standard InChI is InChI=1S/C11H24OSi/c1-10(2)8-9-12-13(6,7)11(3,4)5/h1,8-9H2,2-7H3. The first-order valence-corrected chi connectivity index (χ1v) is 7.86. The second-order valence-corrected chi connectivity index (χ2v) is 10.1. The van der Waals surface area contributed by atoms with E-state index in [9.17, 15) is 0 Å². The van der Waals surface area contributed by atoms with Crippen molar-refractivity contribution in [3.05, 3.63) is 12.2 Å². The van der Waals surface area contributed by atoms with Gasteiger partial charge in [-0.05, 0) is 31.5 Å². The average molecular weight is 200 g/mol. The van der Waals surface area contributed by atoms with Crippen molar-refractivity contribution < 1.29 is 4.43 Å². The molecule has 0 aliphatic heterocycles. The molecule has 0 aromatic carbocycles. The van der Waals surface area contributed by atoms with Gasteiger partial charge in [0.2, 0.25) is 0 Å². The zero-order chi connectivity index (χ0) is 10.7. The zero-order valence-electron chi connectivity index (χ0n) is 10.0. The largest absolute Gasteiger partial charge is 0.417 e. The van der Waals surface area contributed by atoms with Crippen molar-refractivity contribution in [2.24, 2.45) is 0 Å². The van der Waals surface area contributed by atoms with Gasteiger partial charge >= 0.3 is 0 Å². The summed E-state index contributed by atoms with van der Waals surface area (Å²) in [4.78, 5) is 0. The van der Waals surface area contributed by atoms with E-state index in [4.69, 9.17) is 4.43 Å². The minimum Gasteiger partial charge on any atom is -0.417 e. The van der Waals surface area contributed by atoms with Crippen LogP contribution in [0.5, 0.6) is 0 Å². The summed E-state index contributed by atoms with van der Waals surface area (Å²) in [5, 5.41) is 0.322. The third kappa shape index (κ3) is 4.63. The van der Waals surface area contributed by atoms with Crippen LogP contribution in [0, 0.1) is 0 Å². The lowest BCUT2D eigenvalue weighted by atomic mass is 10.2. The van der Waals surface area contributed by atoms with Gasteiger partial charge < -0.3 is 4.43 Å². The van der Waals surface area contributed by atoms with Gasteiger partial charge in [-0.3, -0.25) is 0 Å². The summed E-state index contributed by atoms with van der Waals surface area (Å²) in [5.74, 6) is 0. The summed E-state index contributed by atoms with van der Waals surface area (Å²) in [6, 6.07) is 0. The molecule has 0 aliphatic carbocycles. The Morgan fingerprint density at radius 2 is 1.77 bits per heavy atom. The summed E-state index contributed by atoms with van der Waals surface area (Å²) in [7, 11) is -1.51. The molecule has 0 unspecified atom stereocenters. The smallest absolute Gasteiger partial charge is 0.191 e. The Kier molecular flexibility index (Phi) is 4.40. The lowest BCUT2D eigenvalue weighted by Gasteiger charge is -2.36. The molecule has 0 atom stereocenters. The van der Waals surface area contributed by atoms with Crippen molar-refractivity contribution in [1.82, 2.24) is 0 Å². The van der Waals surface area contributed by atoms with Crippen molar-refractivity contribution in [3.8, 4) is 0 Å². The molecular weight excluding hydrogens is 176 g/mol. The van der Waals surface area contributed by atoms with Gasteiger partial charge in [0.05, 0.1) is 0 Å². The molecule has 1 nitrogen and oxygen atoms in total. The molecule has 0 fully saturated rings. The fourth-order valence-electron chi connectivity index (χ4n) is 0.697. The van der Waals surface area contributed by atoms with Crippen LogP contribution in [0.4, 0.5) is 0 Å². The van der Waals surface area contributed by atoms with E-state index < -0.39 is 8.32 Å². The van der Waals surface area contributed by atoms with E-state index in [1.54, 1.807) is 0 Å². The summed E-state index contributed by atoms with van der Waals surface area (Å²) in [6.45, 7) is 18.1. The molecule has 13 heavy (non-hydrogen) atoms. The Labute approximate surface area is 84.3 Å². The number of hydrogen-bond acceptors (Lipinski definition) is 1. The summed E-state index contributed by atoms with van der Waals surface area (Å²) in [6.07, 6.45) is 0.993. The molecule has 0 bridgehead atoms. The Morgan fingerprint density at radius 3 is 2.08 bits per heavy atom. The summed E-state index contributed by atoms with van der Waals surface area (Å²) >= 11 is 0. The Balaban J connectivity index is 3.97. The van der Waals surface area contributed by atoms with Crippen LogP contribution in [0.25, 0.3) is 0 Å². The fraction of sp³-hybridized carbons (Fsp3) is 0.818. The van der Waals surface area contributed by atoms with E-state index in [0.717, 1.165) is 13.0 Å². The first-order chi connectivity index (χ1) is 5.67. The molecular formula is C11H24OSi. The van der Waals surface area contributed by atoms with E-state index in [1.807, 2.05) is 0 Å². The van der Waals surface area contributed by atoms with Crippen molar-refractivity contribution in [3.63, 3.8) is 0 Å². The van der Waals surface area contributed by atoms with Gasteiger partial charge in [0.15, 0.2) is 8.32 Å². The predicted octanol–water partition coefficient (Wildman–Crippen LogP) is 3.97. The normalized spacial score (nSPS) is 13.1. The molecule has 0 saturated heterocycles. The SMILES string of the molecule is C=C(C)CCO[Si](C)(C)C(C)(C)C. The average Bonchev–Trinajstić information content (AvgIpc) is 1.82. The summed E-state index contributed by atoms with van der Waals surface area (Å²) < 4.78 is 5.98. The van der Waals surface area contributed by atoms with Crippen molar-refractivity contribution in [2.75, 3.05) is 6.61 Å². The lowest BCUT2D eigenvalue weighted by Crippen LogP contribution is -2.40. The van der Waals surface area contributed by atoms with Gasteiger partial charge in [-0.15, -0.1) is 6.58 Å². The molecule has 0 N–H and O–H groups in total. The molecule has 0 aliphatic rings. The molecule has 0 rings (SSSR count). The van der Waals surface area contributed by atoms with Crippen LogP contribution < -0.4 is 0 Å². The molecule has 2 heteroatoms. The van der Waals surface area contributed by atoms with Gasteiger partial charge in [0.1, 0.15) is 0 Å². The molecule has 0 aromatic heterocycles. The first kappa shape index (κ1) is 12.9. The minimum atomic E-state index is -1.51. The first-order valence-electron chi connectivity index (χ1n) is 4.95. The quantitative estimate of drug-likeness (QED) is 0.493. The highest BCUT2D eigenvalue weighted by Crippen LogP contribution is 2.36. The maximum absolute atomic E-state index is 5.98. The second-order valence-electron chi connectivity index (χ2n) is 5.32. The maximum atomic E-state index is 5.98. The zero-order valence-corrected chi connectivity index (χ0v) is 11.0. The topological polar surface area (TPSA) is 9.23 Å². The van der Waals surface area contributed by atoms with Gasteiger partial charge in [0, 0.05) is 6.61 Å². The van der Waals surface area contributed by atoms with Crippen molar-refractivity contribution in [1.29, 1.82) is 0 Å². The Morgan fingerprint density at radius 1 is 1.31 bits per heavy atom. The summed E-state index contributed by atoms with van der Waals surface area (Å²) in [5.41, 5.74) is 1.21. The van der Waals surface area contributed by atoms with E-state index in [-0.39, 0.29) is 0 Å². The van der Waals surface area contributed by atoms with Gasteiger partial charge in [0.25, 0.3) is 0 Å². The molecule has 0 amide bonds. The fourth-order valence-corrected chi connectivity index (χ4v) is 1.74. The van der Waals surface area contributed by atoms with Crippen LogP contribution in [0.2, 0.25) is 18.1 Å². The highest BCUT2D eigenvalue weighted by atomic mass is 28.4. The van der Waals surface area contributed by atoms with Crippen LogP contribution in [0.3, 0.4) is 0 Å². The van der Waals surface area contributed by atoms with Crippen LogP contribution >= 0.6 is 0 Å². The third-order valence-corrected chi connectivity index (χ3v) is 7.34. The minimum absolute atomic E-state index is 0.322. The van der Waals surface area contributed by atoms with E-state index in [1.165, 1.54) is 5.57 Å². The van der Waals surface area contributed by atoms with E-state index in [2.05, 4.69) is 47.4 Å². The van der Waals surface area contributed by atoms with Crippen LogP contribution in [-0.2, 0) is 4.43 Å². The second kappa shape index (κ2) is 4.42. The lowest BCUT2D eigenvalue weighted by molar-refractivity contribution is 0.292. The third-order valence-electron chi connectivity index (χ3n) is 2.80. The van der Waals surface area contributed by atoms with Crippen LogP contribution in [0.1, 0.15) is 34.1 Å². The molecule has 0 radical (unpaired) electrons. The van der Waals surface area contributed by atoms with E-state index >= 15 is 0 Å². The van der Waals surface area contributed by atoms with E-state index in [0.29, 0.717) is 5.04 Å². The molecule has 0 aromatic rings. The van der Waals surface area contributed by atoms with Gasteiger partial charge in [-0.2, -0.15) is 0 Å². The molecule has 0 saturated carbocycles. The molecule has 0 spiro atoms. The van der Waals surface area contributed by atoms with Crippen LogP contribution in [-0.4, -0.2) is 14.9 Å². The van der Waals surface area contributed by atoms with Crippen molar-refractivity contribution >= 4 is 8.32 Å². The van der Waals surface area contributed by atoms with Gasteiger partial charge in [-0.1, -0.05) is 26.3 Å². The van der Waals surface area contributed by atoms with Gasteiger partial charge in [-0.25, -0.2) is 0 Å². The molecule has 78 valence electrons. The number of hydrogen-bond donors (Lipinski definition) is 0.